The fourth-order valence-corrected chi connectivity index (χ4v) is 3.16. The summed E-state index contributed by atoms with van der Waals surface area (Å²) in [7, 11) is 1.64. The molecule has 1 N–H and O–H groups in total. The van der Waals surface area contributed by atoms with Gasteiger partial charge in [0.1, 0.15) is 0 Å². The second kappa shape index (κ2) is 8.80. The first-order chi connectivity index (χ1) is 11.1. The summed E-state index contributed by atoms with van der Waals surface area (Å²) in [4.78, 5) is 12.1. The van der Waals surface area contributed by atoms with E-state index >= 15 is 0 Å². The molecule has 4 heteroatoms. The highest BCUT2D eigenvalue weighted by Crippen LogP contribution is 2.34. The van der Waals surface area contributed by atoms with Gasteiger partial charge in [-0.2, -0.15) is 0 Å². The Morgan fingerprint density at radius 2 is 2.04 bits per heavy atom. The Labute approximate surface area is 139 Å². The van der Waals surface area contributed by atoms with Gasteiger partial charge in [-0.05, 0) is 43.7 Å². The van der Waals surface area contributed by atoms with Crippen molar-refractivity contribution >= 4 is 11.6 Å². The second-order valence-corrected chi connectivity index (χ2v) is 6.54. The largest absolute Gasteiger partial charge is 0.493 e. The third kappa shape index (κ3) is 5.45. The first-order valence-corrected chi connectivity index (χ1v) is 8.77. The van der Waals surface area contributed by atoms with Crippen molar-refractivity contribution in [3.05, 3.63) is 18.2 Å². The van der Waals surface area contributed by atoms with Crippen LogP contribution in [-0.2, 0) is 4.79 Å². The van der Waals surface area contributed by atoms with Crippen molar-refractivity contribution in [2.24, 2.45) is 5.92 Å². The van der Waals surface area contributed by atoms with E-state index in [0.717, 1.165) is 37.1 Å². The Hall–Kier alpha value is -1.71. The summed E-state index contributed by atoms with van der Waals surface area (Å²) < 4.78 is 11.4. The molecule has 0 heterocycles. The smallest absolute Gasteiger partial charge is 0.224 e. The molecule has 128 valence electrons. The van der Waals surface area contributed by atoms with Crippen LogP contribution in [0.4, 0.5) is 5.69 Å². The number of rotatable bonds is 8. The lowest BCUT2D eigenvalue weighted by molar-refractivity contribution is -0.117. The maximum Gasteiger partial charge on any atom is 0.224 e. The van der Waals surface area contributed by atoms with Crippen molar-refractivity contribution in [2.45, 2.75) is 64.9 Å². The van der Waals surface area contributed by atoms with E-state index < -0.39 is 0 Å². The summed E-state index contributed by atoms with van der Waals surface area (Å²) in [6, 6.07) is 5.59. The number of benzene rings is 1. The van der Waals surface area contributed by atoms with E-state index in [0.29, 0.717) is 18.1 Å². The molecule has 0 bridgehead atoms. The molecular weight excluding hydrogens is 290 g/mol. The Balaban J connectivity index is 2.00. The van der Waals surface area contributed by atoms with Crippen LogP contribution in [-0.4, -0.2) is 19.1 Å². The highest BCUT2D eigenvalue weighted by Gasteiger charge is 2.19. The van der Waals surface area contributed by atoms with E-state index in [1.807, 2.05) is 18.2 Å². The minimum Gasteiger partial charge on any atom is -0.493 e. The van der Waals surface area contributed by atoms with E-state index in [1.54, 1.807) is 7.11 Å². The van der Waals surface area contributed by atoms with E-state index in [9.17, 15) is 4.79 Å². The standard InChI is InChI=1S/C19H29NO3/c1-4-7-14(2)12-19(21)20-15-10-11-17(22-3)18(13-15)23-16-8-5-6-9-16/h10-11,13-14,16H,4-9,12H2,1-3H3,(H,20,21). The van der Waals surface area contributed by atoms with Crippen LogP contribution in [0.5, 0.6) is 11.5 Å². The number of hydrogen-bond donors (Lipinski definition) is 1. The van der Waals surface area contributed by atoms with Gasteiger partial charge >= 0.3 is 0 Å². The molecule has 1 aromatic rings. The predicted molar refractivity (Wildman–Crippen MR) is 93.2 cm³/mol. The quantitative estimate of drug-likeness (QED) is 0.750. The van der Waals surface area contributed by atoms with Crippen LogP contribution in [0.2, 0.25) is 0 Å². The average Bonchev–Trinajstić information content (AvgIpc) is 3.00. The maximum atomic E-state index is 12.1. The van der Waals surface area contributed by atoms with Crippen LogP contribution in [0.15, 0.2) is 18.2 Å². The number of anilines is 1. The molecule has 23 heavy (non-hydrogen) atoms. The molecule has 0 aliphatic heterocycles. The lowest BCUT2D eigenvalue weighted by Crippen LogP contribution is -2.16. The molecule has 1 aliphatic carbocycles. The number of nitrogens with one attached hydrogen (secondary N) is 1. The van der Waals surface area contributed by atoms with E-state index in [-0.39, 0.29) is 12.0 Å². The SMILES string of the molecule is CCCC(C)CC(=O)Nc1ccc(OC)c(OC2CCCC2)c1. The van der Waals surface area contributed by atoms with Crippen molar-refractivity contribution in [1.29, 1.82) is 0 Å². The Morgan fingerprint density at radius 1 is 1.30 bits per heavy atom. The van der Waals surface area contributed by atoms with E-state index in [4.69, 9.17) is 9.47 Å². The predicted octanol–water partition coefficient (Wildman–Crippen LogP) is 4.78. The summed E-state index contributed by atoms with van der Waals surface area (Å²) in [6.07, 6.45) is 7.63. The van der Waals surface area contributed by atoms with Gasteiger partial charge in [-0.15, -0.1) is 0 Å². The molecule has 1 amide bonds. The fourth-order valence-electron chi connectivity index (χ4n) is 3.16. The van der Waals surface area contributed by atoms with Gasteiger partial charge in [-0.3, -0.25) is 4.79 Å². The van der Waals surface area contributed by atoms with Gasteiger partial charge in [-0.25, -0.2) is 0 Å². The summed E-state index contributed by atoms with van der Waals surface area (Å²) in [5.41, 5.74) is 0.771. The number of carbonyl (C=O) groups excluding carboxylic acids is 1. The molecular formula is C19H29NO3. The molecule has 0 saturated heterocycles. The molecule has 4 nitrogen and oxygen atoms in total. The number of methoxy groups -OCH3 is 1. The second-order valence-electron chi connectivity index (χ2n) is 6.54. The molecule has 2 rings (SSSR count). The molecule has 1 saturated carbocycles. The Bertz CT molecular complexity index is 509. The molecule has 0 radical (unpaired) electrons. The van der Waals surface area contributed by atoms with Gasteiger partial charge in [-0.1, -0.05) is 26.7 Å². The van der Waals surface area contributed by atoms with Gasteiger partial charge < -0.3 is 14.8 Å². The van der Waals surface area contributed by atoms with Crippen LogP contribution in [0, 0.1) is 5.92 Å². The molecule has 1 unspecified atom stereocenters. The normalized spacial score (nSPS) is 16.1. The topological polar surface area (TPSA) is 47.6 Å². The fraction of sp³-hybridized carbons (Fsp3) is 0.632. The highest BCUT2D eigenvalue weighted by molar-refractivity contribution is 5.91. The summed E-state index contributed by atoms with van der Waals surface area (Å²) in [5.74, 6) is 1.91. The minimum atomic E-state index is 0.0583. The molecule has 1 atom stereocenters. The third-order valence-electron chi connectivity index (χ3n) is 4.36. The minimum absolute atomic E-state index is 0.0583. The van der Waals surface area contributed by atoms with Gasteiger partial charge in [0.2, 0.25) is 5.91 Å². The van der Waals surface area contributed by atoms with Crippen molar-refractivity contribution < 1.29 is 14.3 Å². The van der Waals surface area contributed by atoms with Crippen molar-refractivity contribution in [2.75, 3.05) is 12.4 Å². The molecule has 0 spiro atoms. The lowest BCUT2D eigenvalue weighted by Gasteiger charge is -2.17. The van der Waals surface area contributed by atoms with E-state index in [1.165, 1.54) is 12.8 Å². The van der Waals surface area contributed by atoms with Gasteiger partial charge in [0.05, 0.1) is 13.2 Å². The zero-order valence-electron chi connectivity index (χ0n) is 14.6. The van der Waals surface area contributed by atoms with Crippen LogP contribution < -0.4 is 14.8 Å². The Morgan fingerprint density at radius 3 is 2.70 bits per heavy atom. The van der Waals surface area contributed by atoms with Crippen molar-refractivity contribution in [3.63, 3.8) is 0 Å². The van der Waals surface area contributed by atoms with Crippen molar-refractivity contribution in [3.8, 4) is 11.5 Å². The van der Waals surface area contributed by atoms with Gasteiger partial charge in [0, 0.05) is 18.2 Å². The first-order valence-electron chi connectivity index (χ1n) is 8.77. The summed E-state index contributed by atoms with van der Waals surface area (Å²) in [6.45, 7) is 4.26. The number of ether oxygens (including phenoxy) is 2. The van der Waals surface area contributed by atoms with E-state index in [2.05, 4.69) is 19.2 Å². The van der Waals surface area contributed by atoms with Gasteiger partial charge in [0.25, 0.3) is 0 Å². The number of carbonyl (C=O) groups is 1. The number of hydrogen-bond acceptors (Lipinski definition) is 3. The van der Waals surface area contributed by atoms with Crippen LogP contribution >= 0.6 is 0 Å². The first kappa shape index (κ1) is 17.6. The maximum absolute atomic E-state index is 12.1. The third-order valence-corrected chi connectivity index (χ3v) is 4.36. The molecule has 1 aromatic carbocycles. The summed E-state index contributed by atoms with van der Waals surface area (Å²) >= 11 is 0. The summed E-state index contributed by atoms with van der Waals surface area (Å²) in [5, 5.41) is 2.97. The zero-order valence-corrected chi connectivity index (χ0v) is 14.6. The molecule has 1 aliphatic rings. The average molecular weight is 319 g/mol. The molecule has 1 fully saturated rings. The van der Waals surface area contributed by atoms with Crippen molar-refractivity contribution in [1.82, 2.24) is 0 Å². The Kier molecular flexibility index (Phi) is 6.75. The zero-order chi connectivity index (χ0) is 16.7. The number of amides is 1. The van der Waals surface area contributed by atoms with Crippen LogP contribution in [0.25, 0.3) is 0 Å². The monoisotopic (exact) mass is 319 g/mol. The molecule has 0 aromatic heterocycles. The highest BCUT2D eigenvalue weighted by atomic mass is 16.5. The van der Waals surface area contributed by atoms with Crippen LogP contribution in [0.1, 0.15) is 58.8 Å². The lowest BCUT2D eigenvalue weighted by atomic mass is 10.0. The van der Waals surface area contributed by atoms with Crippen LogP contribution in [0.3, 0.4) is 0 Å². The van der Waals surface area contributed by atoms with Gasteiger partial charge in [0.15, 0.2) is 11.5 Å².